The van der Waals surface area contributed by atoms with Gasteiger partial charge in [0.1, 0.15) is 16.3 Å². The van der Waals surface area contributed by atoms with E-state index in [1.165, 1.54) is 35.6 Å². The van der Waals surface area contributed by atoms with Crippen molar-refractivity contribution >= 4 is 74.6 Å². The van der Waals surface area contributed by atoms with Crippen LogP contribution in [0.1, 0.15) is 33.2 Å². The highest BCUT2D eigenvalue weighted by Crippen LogP contribution is 2.37. The number of nitrogens with one attached hydrogen (secondary N) is 2. The van der Waals surface area contributed by atoms with Crippen LogP contribution >= 0.6 is 46.1 Å². The van der Waals surface area contributed by atoms with E-state index in [9.17, 15) is 14.4 Å². The standard InChI is InChI=1S/C29H23Cl3N2O5S/c1-3-38-29(37)25-21(17-6-4-16(2)5-7-17)15-40-28(25)33-24(35)14-39-20-10-8-18(9-11-20)27(36)34-26-22(31)12-19(30)13-23(26)32/h4-13,15H,3,14H2,1-2H3,(H,33,35)(H,34,36). The minimum Gasteiger partial charge on any atom is -0.484 e. The quantitative estimate of drug-likeness (QED) is 0.185. The van der Waals surface area contributed by atoms with Gasteiger partial charge in [0.05, 0.1) is 22.3 Å². The Labute approximate surface area is 250 Å². The van der Waals surface area contributed by atoms with Crippen molar-refractivity contribution in [3.8, 4) is 16.9 Å². The molecule has 0 unspecified atom stereocenters. The van der Waals surface area contributed by atoms with E-state index < -0.39 is 17.8 Å². The van der Waals surface area contributed by atoms with Gasteiger partial charge in [0.15, 0.2) is 6.61 Å². The van der Waals surface area contributed by atoms with Gasteiger partial charge in [0.2, 0.25) is 0 Å². The van der Waals surface area contributed by atoms with Crippen LogP contribution in [0.2, 0.25) is 15.1 Å². The van der Waals surface area contributed by atoms with Crippen molar-refractivity contribution in [3.63, 3.8) is 0 Å². The molecule has 0 radical (unpaired) electrons. The molecule has 40 heavy (non-hydrogen) atoms. The fourth-order valence-corrected chi connectivity index (χ4v) is 5.55. The molecule has 2 N–H and O–H groups in total. The fraction of sp³-hybridized carbons (Fsp3) is 0.138. The number of aryl methyl sites for hydroxylation is 1. The monoisotopic (exact) mass is 616 g/mol. The SMILES string of the molecule is CCOC(=O)c1c(-c2ccc(C)cc2)csc1NC(=O)COc1ccc(C(=O)Nc2c(Cl)cc(Cl)cc2Cl)cc1. The van der Waals surface area contributed by atoms with Crippen molar-refractivity contribution in [1.29, 1.82) is 0 Å². The van der Waals surface area contributed by atoms with Crippen LogP contribution in [0.4, 0.5) is 10.7 Å². The molecule has 4 rings (SSSR count). The lowest BCUT2D eigenvalue weighted by atomic mass is 10.0. The molecule has 0 aliphatic carbocycles. The first-order valence-electron chi connectivity index (χ1n) is 12.0. The van der Waals surface area contributed by atoms with Gasteiger partial charge in [0.25, 0.3) is 11.8 Å². The van der Waals surface area contributed by atoms with Crippen LogP contribution in [0.5, 0.6) is 5.75 Å². The predicted molar refractivity (Wildman–Crippen MR) is 160 cm³/mol. The lowest BCUT2D eigenvalue weighted by molar-refractivity contribution is -0.118. The maximum atomic E-state index is 12.8. The molecule has 0 aliphatic heterocycles. The maximum Gasteiger partial charge on any atom is 0.341 e. The molecule has 0 spiro atoms. The highest BCUT2D eigenvalue weighted by molar-refractivity contribution is 7.15. The van der Waals surface area contributed by atoms with Crippen LogP contribution in [0.3, 0.4) is 0 Å². The van der Waals surface area contributed by atoms with Crippen LogP contribution < -0.4 is 15.4 Å². The summed E-state index contributed by atoms with van der Waals surface area (Å²) in [7, 11) is 0. The topological polar surface area (TPSA) is 93.7 Å². The molecule has 2 amide bonds. The summed E-state index contributed by atoms with van der Waals surface area (Å²) in [6.07, 6.45) is 0. The highest BCUT2D eigenvalue weighted by atomic mass is 35.5. The van der Waals surface area contributed by atoms with Gasteiger partial charge < -0.3 is 20.1 Å². The second-order valence-electron chi connectivity index (χ2n) is 8.50. The Morgan fingerprint density at radius 1 is 0.900 bits per heavy atom. The summed E-state index contributed by atoms with van der Waals surface area (Å²) in [5.41, 5.74) is 3.46. The Bertz CT molecular complexity index is 1530. The number of hydrogen-bond acceptors (Lipinski definition) is 6. The number of halogens is 3. The summed E-state index contributed by atoms with van der Waals surface area (Å²) in [4.78, 5) is 38.1. The number of rotatable bonds is 9. The molecule has 0 saturated heterocycles. The summed E-state index contributed by atoms with van der Waals surface area (Å²) in [5.74, 6) is -1.06. The van der Waals surface area contributed by atoms with Gasteiger partial charge >= 0.3 is 5.97 Å². The highest BCUT2D eigenvalue weighted by Gasteiger charge is 2.23. The van der Waals surface area contributed by atoms with Crippen molar-refractivity contribution in [1.82, 2.24) is 0 Å². The van der Waals surface area contributed by atoms with Crippen molar-refractivity contribution in [2.75, 3.05) is 23.8 Å². The molecule has 0 atom stereocenters. The van der Waals surface area contributed by atoms with Crippen molar-refractivity contribution in [3.05, 3.63) is 97.8 Å². The predicted octanol–water partition coefficient (Wildman–Crippen LogP) is 8.13. The van der Waals surface area contributed by atoms with Gasteiger partial charge in [-0.3, -0.25) is 9.59 Å². The second-order valence-corrected chi connectivity index (χ2v) is 10.6. The van der Waals surface area contributed by atoms with Crippen molar-refractivity contribution in [2.24, 2.45) is 0 Å². The zero-order valence-corrected chi connectivity index (χ0v) is 24.4. The zero-order chi connectivity index (χ0) is 28.8. The lowest BCUT2D eigenvalue weighted by Crippen LogP contribution is -2.21. The summed E-state index contributed by atoms with van der Waals surface area (Å²) in [6, 6.07) is 16.8. The molecular formula is C29H23Cl3N2O5S. The Balaban J connectivity index is 1.40. The number of benzene rings is 3. The van der Waals surface area contributed by atoms with E-state index in [1.807, 2.05) is 36.6 Å². The number of amides is 2. The summed E-state index contributed by atoms with van der Waals surface area (Å²) in [5, 5.41) is 8.35. The van der Waals surface area contributed by atoms with E-state index in [4.69, 9.17) is 44.3 Å². The summed E-state index contributed by atoms with van der Waals surface area (Å²) >= 11 is 19.4. The van der Waals surface area contributed by atoms with E-state index >= 15 is 0 Å². The molecule has 1 aromatic heterocycles. The third kappa shape index (κ3) is 7.14. The molecule has 206 valence electrons. The Morgan fingerprint density at radius 3 is 2.17 bits per heavy atom. The van der Waals surface area contributed by atoms with Crippen LogP contribution in [0, 0.1) is 6.92 Å². The van der Waals surface area contributed by atoms with Gasteiger partial charge in [-0.2, -0.15) is 0 Å². The number of carbonyl (C=O) groups excluding carboxylic acids is 3. The maximum absolute atomic E-state index is 12.8. The normalized spacial score (nSPS) is 10.6. The Morgan fingerprint density at radius 2 is 1.55 bits per heavy atom. The minimum absolute atomic E-state index is 0.201. The van der Waals surface area contributed by atoms with Gasteiger partial charge in [-0.25, -0.2) is 4.79 Å². The Hall–Kier alpha value is -3.56. The number of ether oxygens (including phenoxy) is 2. The first-order chi connectivity index (χ1) is 19.2. The number of thiophene rings is 1. The number of anilines is 2. The molecule has 0 aliphatic rings. The Kier molecular flexibility index (Phi) is 9.71. The van der Waals surface area contributed by atoms with Crippen LogP contribution in [0.25, 0.3) is 11.1 Å². The van der Waals surface area contributed by atoms with Gasteiger partial charge in [-0.15, -0.1) is 11.3 Å². The zero-order valence-electron chi connectivity index (χ0n) is 21.3. The second kappa shape index (κ2) is 13.2. The van der Waals surface area contributed by atoms with Crippen molar-refractivity contribution < 1.29 is 23.9 Å². The van der Waals surface area contributed by atoms with Crippen molar-refractivity contribution in [2.45, 2.75) is 13.8 Å². The summed E-state index contributed by atoms with van der Waals surface area (Å²) in [6.45, 7) is 3.58. The molecule has 0 fully saturated rings. The minimum atomic E-state index is -0.523. The molecule has 3 aromatic carbocycles. The molecular weight excluding hydrogens is 595 g/mol. The molecule has 7 nitrogen and oxygen atoms in total. The molecule has 0 saturated carbocycles. The molecule has 11 heteroatoms. The third-order valence-corrected chi connectivity index (χ3v) is 7.33. The summed E-state index contributed by atoms with van der Waals surface area (Å²) < 4.78 is 10.8. The average Bonchev–Trinajstić information content (AvgIpc) is 3.33. The van der Waals surface area contributed by atoms with Gasteiger partial charge in [-0.1, -0.05) is 64.6 Å². The first-order valence-corrected chi connectivity index (χ1v) is 14.0. The van der Waals surface area contributed by atoms with Gasteiger partial charge in [0, 0.05) is 21.5 Å². The van der Waals surface area contributed by atoms with Gasteiger partial charge in [-0.05, 0) is 55.8 Å². The van der Waals surface area contributed by atoms with E-state index in [2.05, 4.69) is 10.6 Å². The fourth-order valence-electron chi connectivity index (χ4n) is 3.66. The third-order valence-electron chi connectivity index (χ3n) is 5.62. The smallest absolute Gasteiger partial charge is 0.341 e. The van der Waals surface area contributed by atoms with Crippen LogP contribution in [-0.4, -0.2) is 31.0 Å². The average molecular weight is 618 g/mol. The van der Waals surface area contributed by atoms with E-state index in [1.54, 1.807) is 19.1 Å². The molecule has 1 heterocycles. The number of hydrogen-bond donors (Lipinski definition) is 2. The lowest BCUT2D eigenvalue weighted by Gasteiger charge is -2.11. The van der Waals surface area contributed by atoms with E-state index in [-0.39, 0.29) is 28.9 Å². The molecule has 4 aromatic rings. The van der Waals surface area contributed by atoms with E-state index in [0.717, 1.165) is 11.1 Å². The largest absolute Gasteiger partial charge is 0.484 e. The molecule has 0 bridgehead atoms. The van der Waals surface area contributed by atoms with E-state index in [0.29, 0.717) is 32.5 Å². The number of esters is 1. The van der Waals surface area contributed by atoms with Crippen LogP contribution in [-0.2, 0) is 9.53 Å². The number of carbonyl (C=O) groups is 3. The first kappa shape index (κ1) is 29.4. The van der Waals surface area contributed by atoms with Crippen LogP contribution in [0.15, 0.2) is 66.0 Å².